The van der Waals surface area contributed by atoms with Gasteiger partial charge in [-0.15, -0.1) is 0 Å². The molecule has 6 nitrogen and oxygen atoms in total. The van der Waals surface area contributed by atoms with Gasteiger partial charge in [-0.05, 0) is 54.8 Å². The average Bonchev–Trinajstić information content (AvgIpc) is 2.84. The molecule has 1 N–H and O–H groups in total. The number of anilines is 2. The fraction of sp³-hybridized carbons (Fsp3) is 0.240. The highest BCUT2D eigenvalue weighted by atomic mass is 16.5. The number of hydrogen-bond donors (Lipinski definition) is 1. The molecule has 0 unspecified atom stereocenters. The zero-order chi connectivity index (χ0) is 21.5. The maximum atomic E-state index is 12.9. The smallest absolute Gasteiger partial charge is 0.228 e. The lowest BCUT2D eigenvalue weighted by Gasteiger charge is -2.33. The predicted molar refractivity (Wildman–Crippen MR) is 120 cm³/mol. The van der Waals surface area contributed by atoms with Crippen LogP contribution in [0.5, 0.6) is 5.75 Å². The Morgan fingerprint density at radius 2 is 1.77 bits per heavy atom. The highest BCUT2D eigenvalue weighted by Crippen LogP contribution is 2.27. The first kappa shape index (κ1) is 20.6. The molecule has 1 saturated heterocycles. The van der Waals surface area contributed by atoms with Crippen LogP contribution in [-0.2, 0) is 11.4 Å². The fourth-order valence-corrected chi connectivity index (χ4v) is 3.72. The number of benzene rings is 2. The molecule has 0 atom stereocenters. The molecule has 1 fully saturated rings. The van der Waals surface area contributed by atoms with Gasteiger partial charge in [0.25, 0.3) is 0 Å². The van der Waals surface area contributed by atoms with Crippen molar-refractivity contribution in [2.75, 3.05) is 23.3 Å². The van der Waals surface area contributed by atoms with Gasteiger partial charge in [0, 0.05) is 36.5 Å². The number of pyridine rings is 1. The molecule has 0 radical (unpaired) electrons. The summed E-state index contributed by atoms with van der Waals surface area (Å²) >= 11 is 0. The molecule has 1 amide bonds. The van der Waals surface area contributed by atoms with Crippen LogP contribution in [0.25, 0.3) is 0 Å². The topological polar surface area (TPSA) is 71.5 Å². The van der Waals surface area contributed by atoms with E-state index in [2.05, 4.69) is 15.2 Å². The number of ether oxygens (including phenoxy) is 1. The van der Waals surface area contributed by atoms with Crippen molar-refractivity contribution in [3.63, 3.8) is 0 Å². The van der Waals surface area contributed by atoms with Crippen molar-refractivity contribution >= 4 is 23.7 Å². The normalized spacial score (nSPS) is 14.1. The molecule has 4 rings (SSSR count). The molecular weight excluding hydrogens is 390 g/mol. The van der Waals surface area contributed by atoms with Crippen molar-refractivity contribution in [2.24, 2.45) is 5.92 Å². The predicted octanol–water partition coefficient (Wildman–Crippen LogP) is 4.33. The molecule has 2 aromatic carbocycles. The Hall–Kier alpha value is -3.67. The van der Waals surface area contributed by atoms with Gasteiger partial charge in [0.1, 0.15) is 12.9 Å². The van der Waals surface area contributed by atoms with Crippen LogP contribution in [0.1, 0.15) is 28.8 Å². The number of piperidine rings is 1. The van der Waals surface area contributed by atoms with Crippen molar-refractivity contribution in [3.05, 3.63) is 84.1 Å². The maximum absolute atomic E-state index is 12.9. The number of rotatable bonds is 7. The van der Waals surface area contributed by atoms with Crippen LogP contribution in [0.15, 0.2) is 72.9 Å². The Morgan fingerprint density at radius 3 is 2.48 bits per heavy atom. The van der Waals surface area contributed by atoms with Crippen molar-refractivity contribution < 1.29 is 14.3 Å². The van der Waals surface area contributed by atoms with Gasteiger partial charge in [-0.3, -0.25) is 9.59 Å². The molecule has 0 bridgehead atoms. The minimum atomic E-state index is -0.0746. The minimum absolute atomic E-state index is 0.0285. The molecule has 1 aliphatic rings. The molecule has 6 heteroatoms. The van der Waals surface area contributed by atoms with Crippen molar-refractivity contribution in [1.82, 2.24) is 4.98 Å². The van der Waals surface area contributed by atoms with E-state index in [4.69, 9.17) is 4.74 Å². The van der Waals surface area contributed by atoms with Crippen LogP contribution in [-0.4, -0.2) is 30.3 Å². The molecular formula is C25H25N3O3. The molecule has 0 saturated carbocycles. The third-order valence-electron chi connectivity index (χ3n) is 5.51. The van der Waals surface area contributed by atoms with E-state index in [-0.39, 0.29) is 11.8 Å². The summed E-state index contributed by atoms with van der Waals surface area (Å²) in [6, 6.07) is 21.0. The Labute approximate surface area is 181 Å². The van der Waals surface area contributed by atoms with E-state index in [0.717, 1.165) is 43.5 Å². The van der Waals surface area contributed by atoms with E-state index < -0.39 is 0 Å². The van der Waals surface area contributed by atoms with E-state index in [9.17, 15) is 9.59 Å². The van der Waals surface area contributed by atoms with Gasteiger partial charge in [0.15, 0.2) is 11.6 Å². The third-order valence-corrected chi connectivity index (χ3v) is 5.51. The number of carbonyl (C=O) groups is 2. The highest BCUT2D eigenvalue weighted by Gasteiger charge is 2.26. The van der Waals surface area contributed by atoms with Gasteiger partial charge in [-0.2, -0.15) is 0 Å². The second kappa shape index (κ2) is 9.89. The van der Waals surface area contributed by atoms with Crippen LogP contribution in [0.4, 0.5) is 11.5 Å². The summed E-state index contributed by atoms with van der Waals surface area (Å²) in [6.45, 7) is 1.99. The molecule has 1 aromatic heterocycles. The number of aldehydes is 1. The number of nitrogens with zero attached hydrogens (tertiary/aromatic N) is 2. The van der Waals surface area contributed by atoms with E-state index in [1.807, 2.05) is 60.7 Å². The van der Waals surface area contributed by atoms with Crippen molar-refractivity contribution in [1.29, 1.82) is 0 Å². The van der Waals surface area contributed by atoms with E-state index in [0.29, 0.717) is 23.7 Å². The number of nitrogens with one attached hydrogen (secondary N) is 1. The summed E-state index contributed by atoms with van der Waals surface area (Å²) in [6.07, 6.45) is 4.01. The quantitative estimate of drug-likeness (QED) is 0.582. The van der Waals surface area contributed by atoms with Crippen LogP contribution in [0.2, 0.25) is 0 Å². The Morgan fingerprint density at radius 1 is 1.03 bits per heavy atom. The maximum Gasteiger partial charge on any atom is 0.228 e. The first-order chi connectivity index (χ1) is 15.2. The minimum Gasteiger partial charge on any atom is -0.485 e. The molecule has 0 spiro atoms. The van der Waals surface area contributed by atoms with Gasteiger partial charge in [-0.1, -0.05) is 30.3 Å². The largest absolute Gasteiger partial charge is 0.485 e. The Kier molecular flexibility index (Phi) is 6.57. The van der Waals surface area contributed by atoms with E-state index in [1.165, 1.54) is 0 Å². The number of aromatic nitrogens is 1. The fourth-order valence-electron chi connectivity index (χ4n) is 3.72. The Bertz CT molecular complexity index is 1010. The van der Waals surface area contributed by atoms with Gasteiger partial charge >= 0.3 is 0 Å². The number of amides is 1. The summed E-state index contributed by atoms with van der Waals surface area (Å²) < 4.78 is 5.89. The molecule has 2 heterocycles. The summed E-state index contributed by atoms with van der Waals surface area (Å²) in [5.74, 6) is 0.913. The molecule has 0 aliphatic carbocycles. The number of carbonyl (C=O) groups excluding carboxylic acids is 2. The third kappa shape index (κ3) is 5.28. The summed E-state index contributed by atoms with van der Waals surface area (Å²) in [5.41, 5.74) is 2.79. The zero-order valence-corrected chi connectivity index (χ0v) is 17.2. The number of hydrogen-bond acceptors (Lipinski definition) is 5. The van der Waals surface area contributed by atoms with Crippen LogP contribution < -0.4 is 15.0 Å². The Balaban J connectivity index is 1.33. The van der Waals surface area contributed by atoms with Gasteiger partial charge in [0.2, 0.25) is 5.91 Å². The molecule has 158 valence electrons. The summed E-state index contributed by atoms with van der Waals surface area (Å²) in [7, 11) is 0. The summed E-state index contributed by atoms with van der Waals surface area (Å²) in [4.78, 5) is 30.2. The lowest BCUT2D eigenvalue weighted by Crippen LogP contribution is -2.38. The van der Waals surface area contributed by atoms with E-state index >= 15 is 0 Å². The zero-order valence-electron chi connectivity index (χ0n) is 17.2. The van der Waals surface area contributed by atoms with E-state index in [1.54, 1.807) is 12.3 Å². The van der Waals surface area contributed by atoms with Gasteiger partial charge < -0.3 is 15.0 Å². The molecule has 3 aromatic rings. The molecule has 1 aliphatic heterocycles. The lowest BCUT2D eigenvalue weighted by molar-refractivity contribution is -0.120. The van der Waals surface area contributed by atoms with Crippen LogP contribution >= 0.6 is 0 Å². The summed E-state index contributed by atoms with van der Waals surface area (Å²) in [5, 5.41) is 2.95. The van der Waals surface area contributed by atoms with Crippen molar-refractivity contribution in [3.8, 4) is 5.75 Å². The average molecular weight is 415 g/mol. The SMILES string of the molecule is O=Cc1ccc(N2CCC(C(=O)Nc3ncccc3OCc3ccccc3)CC2)cc1. The van der Waals surface area contributed by atoms with Gasteiger partial charge in [-0.25, -0.2) is 4.98 Å². The lowest BCUT2D eigenvalue weighted by atomic mass is 9.95. The first-order valence-electron chi connectivity index (χ1n) is 10.5. The second-order valence-corrected chi connectivity index (χ2v) is 7.58. The monoisotopic (exact) mass is 415 g/mol. The standard InChI is InChI=1S/C25H25N3O3/c29-17-19-8-10-22(11-9-19)28-15-12-21(13-16-28)25(30)27-24-23(7-4-14-26-24)31-18-20-5-2-1-3-6-20/h1-11,14,17,21H,12-13,15-16,18H2,(H,26,27,30). The van der Waals surface area contributed by atoms with Crippen molar-refractivity contribution in [2.45, 2.75) is 19.4 Å². The van der Waals surface area contributed by atoms with Gasteiger partial charge in [0.05, 0.1) is 0 Å². The molecule has 31 heavy (non-hydrogen) atoms. The second-order valence-electron chi connectivity index (χ2n) is 7.58. The first-order valence-corrected chi connectivity index (χ1v) is 10.5. The highest BCUT2D eigenvalue weighted by molar-refractivity contribution is 5.93. The van der Waals surface area contributed by atoms with Crippen LogP contribution in [0, 0.1) is 5.92 Å². The van der Waals surface area contributed by atoms with Crippen LogP contribution in [0.3, 0.4) is 0 Å².